The number of rotatable bonds is 4. The third-order valence-electron chi connectivity index (χ3n) is 5.90. The van der Waals surface area contributed by atoms with Crippen molar-refractivity contribution in [2.75, 3.05) is 11.9 Å². The molecule has 0 atom stereocenters. The maximum atomic E-state index is 12.9. The fourth-order valence-electron chi connectivity index (χ4n) is 3.96. The Kier molecular flexibility index (Phi) is 5.42. The van der Waals surface area contributed by atoms with E-state index in [1.165, 1.54) is 17.7 Å². The van der Waals surface area contributed by atoms with E-state index in [0.29, 0.717) is 10.5 Å². The van der Waals surface area contributed by atoms with Gasteiger partial charge in [-0.05, 0) is 67.4 Å². The monoisotopic (exact) mass is 449 g/mol. The molecule has 0 spiro atoms. The highest BCUT2D eigenvalue weighted by Gasteiger charge is 2.35. The molecule has 2 aliphatic heterocycles. The lowest BCUT2D eigenvalue weighted by Gasteiger charge is -2.40. The molecule has 8 heteroatoms. The molecule has 2 heterocycles. The fourth-order valence-corrected chi connectivity index (χ4v) is 4.80. The number of amides is 2. The van der Waals surface area contributed by atoms with Gasteiger partial charge in [-0.15, -0.1) is 0 Å². The molecule has 0 bridgehead atoms. The number of nitrogens with zero attached hydrogens (tertiary/aromatic N) is 3. The Balaban J connectivity index is 1.57. The summed E-state index contributed by atoms with van der Waals surface area (Å²) < 4.78 is 0. The van der Waals surface area contributed by atoms with Gasteiger partial charge in [-0.25, -0.2) is 0 Å². The van der Waals surface area contributed by atoms with Crippen molar-refractivity contribution in [3.63, 3.8) is 0 Å². The number of likely N-dealkylation sites (N-methyl/N-ethyl adjacent to an activating group) is 1. The Bertz CT molecular complexity index is 1200. The lowest BCUT2D eigenvalue weighted by molar-refractivity contribution is -0.384. The summed E-state index contributed by atoms with van der Waals surface area (Å²) >= 11 is 0.908. The first kappa shape index (κ1) is 21.8. The number of hydrogen-bond donors (Lipinski definition) is 0. The summed E-state index contributed by atoms with van der Waals surface area (Å²) in [4.78, 5) is 39.4. The SMILES string of the molecule is CC1=CC(C)(C)N(C)c2ccc(/C=C3/SC(=O)N(Cc4ccc([N+](=O)[O-])cc4)C3=O)cc21. The van der Waals surface area contributed by atoms with E-state index >= 15 is 0 Å². The molecule has 0 N–H and O–H groups in total. The Labute approximate surface area is 190 Å². The molecule has 2 aliphatic rings. The second kappa shape index (κ2) is 7.94. The Morgan fingerprint density at radius 2 is 1.81 bits per heavy atom. The van der Waals surface area contributed by atoms with Crippen LogP contribution < -0.4 is 4.90 Å². The molecule has 0 unspecified atom stereocenters. The molecule has 164 valence electrons. The summed E-state index contributed by atoms with van der Waals surface area (Å²) in [7, 11) is 2.06. The Morgan fingerprint density at radius 3 is 2.47 bits per heavy atom. The van der Waals surface area contributed by atoms with E-state index in [0.717, 1.165) is 33.5 Å². The third-order valence-corrected chi connectivity index (χ3v) is 6.81. The highest BCUT2D eigenvalue weighted by molar-refractivity contribution is 8.18. The summed E-state index contributed by atoms with van der Waals surface area (Å²) in [6.07, 6.45) is 3.96. The van der Waals surface area contributed by atoms with Gasteiger partial charge in [-0.2, -0.15) is 0 Å². The van der Waals surface area contributed by atoms with Crippen LogP contribution >= 0.6 is 11.8 Å². The smallest absolute Gasteiger partial charge is 0.293 e. The zero-order valence-electron chi connectivity index (χ0n) is 18.3. The summed E-state index contributed by atoms with van der Waals surface area (Å²) in [5.41, 5.74) is 4.78. The van der Waals surface area contributed by atoms with Crippen LogP contribution in [-0.2, 0) is 11.3 Å². The van der Waals surface area contributed by atoms with Gasteiger partial charge in [0, 0.05) is 30.4 Å². The number of non-ortho nitro benzene ring substituents is 1. The molecule has 2 amide bonds. The molecule has 1 saturated heterocycles. The minimum atomic E-state index is -0.485. The predicted octanol–water partition coefficient (Wildman–Crippen LogP) is 5.46. The molecule has 32 heavy (non-hydrogen) atoms. The summed E-state index contributed by atoms with van der Waals surface area (Å²) in [5.74, 6) is -0.360. The number of hydrogen-bond acceptors (Lipinski definition) is 6. The maximum absolute atomic E-state index is 12.9. The van der Waals surface area contributed by atoms with Crippen LogP contribution in [0.4, 0.5) is 16.2 Å². The lowest BCUT2D eigenvalue weighted by Crippen LogP contribution is -2.42. The van der Waals surface area contributed by atoms with Crippen molar-refractivity contribution in [3.05, 3.63) is 80.3 Å². The van der Waals surface area contributed by atoms with Crippen molar-refractivity contribution >= 4 is 45.9 Å². The van der Waals surface area contributed by atoms with E-state index in [2.05, 4.69) is 38.8 Å². The molecule has 4 rings (SSSR count). The number of carbonyl (C=O) groups excluding carboxylic acids is 2. The number of imide groups is 1. The van der Waals surface area contributed by atoms with Gasteiger partial charge >= 0.3 is 0 Å². The van der Waals surface area contributed by atoms with Gasteiger partial charge in [0.1, 0.15) is 0 Å². The quantitative estimate of drug-likeness (QED) is 0.350. The van der Waals surface area contributed by atoms with Gasteiger partial charge < -0.3 is 4.90 Å². The van der Waals surface area contributed by atoms with Crippen molar-refractivity contribution in [2.45, 2.75) is 32.9 Å². The number of nitro groups is 1. The number of nitro benzene ring substituents is 1. The minimum Gasteiger partial charge on any atom is -0.366 e. The lowest BCUT2D eigenvalue weighted by atomic mass is 9.88. The predicted molar refractivity (Wildman–Crippen MR) is 127 cm³/mol. The summed E-state index contributed by atoms with van der Waals surface area (Å²) in [5, 5.41) is 10.5. The molecule has 0 radical (unpaired) electrons. The molecule has 0 aliphatic carbocycles. The standard InChI is InChI=1S/C24H23N3O4S/c1-15-13-24(2,3)25(4)20-10-7-17(11-19(15)20)12-21-22(28)26(23(29)32-21)14-16-5-8-18(9-6-16)27(30)31/h5-13H,14H2,1-4H3/b21-12+. The van der Waals surface area contributed by atoms with Gasteiger partial charge in [-0.3, -0.25) is 24.6 Å². The van der Waals surface area contributed by atoms with Crippen molar-refractivity contribution in [1.82, 2.24) is 4.90 Å². The van der Waals surface area contributed by atoms with Gasteiger partial charge in [0.15, 0.2) is 0 Å². The van der Waals surface area contributed by atoms with Gasteiger partial charge in [0.2, 0.25) is 0 Å². The van der Waals surface area contributed by atoms with E-state index < -0.39 is 4.92 Å². The number of anilines is 1. The Morgan fingerprint density at radius 1 is 1.12 bits per heavy atom. The molecule has 7 nitrogen and oxygen atoms in total. The van der Waals surface area contributed by atoms with Crippen molar-refractivity contribution in [2.24, 2.45) is 0 Å². The second-order valence-corrected chi connectivity index (χ2v) is 9.50. The number of fused-ring (bicyclic) bond motifs is 1. The zero-order chi connectivity index (χ0) is 23.2. The van der Waals surface area contributed by atoms with Crippen molar-refractivity contribution in [1.29, 1.82) is 0 Å². The second-order valence-electron chi connectivity index (χ2n) is 8.51. The third kappa shape index (κ3) is 3.93. The first-order valence-electron chi connectivity index (χ1n) is 10.1. The molecule has 0 aromatic heterocycles. The normalized spacial score (nSPS) is 18.8. The minimum absolute atomic E-state index is 0.0337. The van der Waals surface area contributed by atoms with Crippen molar-refractivity contribution in [3.8, 4) is 0 Å². The van der Waals surface area contributed by atoms with E-state index in [-0.39, 0.29) is 28.9 Å². The number of benzene rings is 2. The van der Waals surface area contributed by atoms with E-state index in [1.807, 2.05) is 18.2 Å². The average molecular weight is 450 g/mol. The van der Waals surface area contributed by atoms with Crippen LogP contribution in [-0.4, -0.2) is 33.6 Å². The van der Waals surface area contributed by atoms with E-state index in [4.69, 9.17) is 0 Å². The van der Waals surface area contributed by atoms with Crippen LogP contribution in [0.25, 0.3) is 11.6 Å². The van der Waals surface area contributed by atoms with Crippen LogP contribution in [0.1, 0.15) is 37.5 Å². The number of allylic oxidation sites excluding steroid dienone is 1. The highest BCUT2D eigenvalue weighted by atomic mass is 32.2. The van der Waals surface area contributed by atoms with E-state index in [9.17, 15) is 19.7 Å². The summed E-state index contributed by atoms with van der Waals surface area (Å²) in [6.45, 7) is 6.48. The van der Waals surface area contributed by atoms with Gasteiger partial charge in [-0.1, -0.05) is 24.3 Å². The van der Waals surface area contributed by atoms with Crippen LogP contribution in [0, 0.1) is 10.1 Å². The van der Waals surface area contributed by atoms with Crippen LogP contribution in [0.3, 0.4) is 0 Å². The number of carbonyl (C=O) groups is 2. The molecule has 0 saturated carbocycles. The first-order valence-corrected chi connectivity index (χ1v) is 10.9. The molecular formula is C24H23N3O4S. The van der Waals surface area contributed by atoms with Gasteiger partial charge in [0.25, 0.3) is 16.8 Å². The Hall–Kier alpha value is -3.39. The van der Waals surface area contributed by atoms with E-state index in [1.54, 1.807) is 18.2 Å². The molecular weight excluding hydrogens is 426 g/mol. The summed E-state index contributed by atoms with van der Waals surface area (Å²) in [6, 6.07) is 11.9. The first-order chi connectivity index (χ1) is 15.1. The highest BCUT2D eigenvalue weighted by Crippen LogP contribution is 2.39. The molecule has 2 aromatic rings. The molecule has 1 fully saturated rings. The van der Waals surface area contributed by atoms with Crippen LogP contribution in [0.5, 0.6) is 0 Å². The number of thioether (sulfide) groups is 1. The average Bonchev–Trinajstić information content (AvgIpc) is 2.99. The van der Waals surface area contributed by atoms with Gasteiger partial charge in [0.05, 0.1) is 21.9 Å². The largest absolute Gasteiger partial charge is 0.366 e. The molecule has 2 aromatic carbocycles. The zero-order valence-corrected chi connectivity index (χ0v) is 19.1. The maximum Gasteiger partial charge on any atom is 0.293 e. The van der Waals surface area contributed by atoms with Crippen LogP contribution in [0.15, 0.2) is 53.4 Å². The van der Waals surface area contributed by atoms with Crippen molar-refractivity contribution < 1.29 is 14.5 Å². The fraction of sp³-hybridized carbons (Fsp3) is 0.250. The van der Waals surface area contributed by atoms with Crippen LogP contribution in [0.2, 0.25) is 0 Å². The topological polar surface area (TPSA) is 83.8 Å².